The van der Waals surface area contributed by atoms with Crippen molar-refractivity contribution < 1.29 is 17.6 Å². The number of benzene rings is 1. The van der Waals surface area contributed by atoms with E-state index in [1.165, 1.54) is 11.5 Å². The van der Waals surface area contributed by atoms with E-state index in [-0.39, 0.29) is 42.2 Å². The minimum atomic E-state index is -4.52. The van der Waals surface area contributed by atoms with Crippen molar-refractivity contribution in [2.75, 3.05) is 18.0 Å². The Morgan fingerprint density at radius 3 is 2.38 bits per heavy atom. The zero-order chi connectivity index (χ0) is 21.2. The van der Waals surface area contributed by atoms with Crippen LogP contribution >= 0.6 is 0 Å². The fraction of sp³-hybridized carbons (Fsp3) is 0.579. The third-order valence-electron chi connectivity index (χ3n) is 6.11. The lowest BCUT2D eigenvalue weighted by molar-refractivity contribution is -0.157. The summed E-state index contributed by atoms with van der Waals surface area (Å²) in [4.78, 5) is 28.6. The van der Waals surface area contributed by atoms with Gasteiger partial charge >= 0.3 is 11.9 Å². The molecule has 0 radical (unpaired) electrons. The van der Waals surface area contributed by atoms with Crippen molar-refractivity contribution in [3.63, 3.8) is 0 Å². The molecule has 2 fully saturated rings. The van der Waals surface area contributed by atoms with Crippen molar-refractivity contribution in [1.29, 1.82) is 0 Å². The molecule has 0 amide bonds. The molecule has 4 rings (SSSR count). The van der Waals surface area contributed by atoms with Crippen molar-refractivity contribution in [3.8, 4) is 0 Å². The lowest BCUT2D eigenvalue weighted by Gasteiger charge is -2.26. The molecule has 1 aliphatic heterocycles. The summed E-state index contributed by atoms with van der Waals surface area (Å²) in [5.41, 5.74) is 5.13. The number of nitrogens with one attached hydrogen (secondary N) is 1. The van der Waals surface area contributed by atoms with Gasteiger partial charge in [-0.15, -0.1) is 0 Å². The van der Waals surface area contributed by atoms with Crippen LogP contribution in [0.5, 0.6) is 0 Å². The number of hydrogen-bond donors (Lipinski definition) is 2. The molecule has 10 heteroatoms. The first-order chi connectivity index (χ1) is 13.5. The number of hydrogen-bond acceptors (Lipinski definition) is 4. The Bertz CT molecular complexity index is 1100. The van der Waals surface area contributed by atoms with Crippen LogP contribution in [0.1, 0.15) is 36.4 Å². The summed E-state index contributed by atoms with van der Waals surface area (Å²) in [5, 5.41) is 0.109. The van der Waals surface area contributed by atoms with E-state index in [9.17, 15) is 22.8 Å². The summed E-state index contributed by atoms with van der Waals surface area (Å²) in [6.45, 7) is 3.23. The van der Waals surface area contributed by atoms with E-state index in [0.717, 1.165) is 12.8 Å². The number of fused-ring (bicyclic) bond motifs is 1. The molecule has 29 heavy (non-hydrogen) atoms. The SMILES string of the molecule is Cc1c(F)c(N2CCC(C(N)C(F)(F)F)C2)c(C)c2c1c(=O)[nH]c(=O)n2C1CC1. The van der Waals surface area contributed by atoms with E-state index >= 15 is 4.39 Å². The molecule has 2 unspecified atom stereocenters. The van der Waals surface area contributed by atoms with Gasteiger partial charge < -0.3 is 10.6 Å². The largest absolute Gasteiger partial charge is 0.403 e. The molecule has 0 bridgehead atoms. The summed E-state index contributed by atoms with van der Waals surface area (Å²) in [6, 6.07) is -2.05. The van der Waals surface area contributed by atoms with E-state index in [0.29, 0.717) is 11.1 Å². The molecule has 158 valence electrons. The number of rotatable bonds is 3. The number of aryl methyl sites for hydroxylation is 2. The minimum Gasteiger partial charge on any atom is -0.369 e. The quantitative estimate of drug-likeness (QED) is 0.756. The van der Waals surface area contributed by atoms with Gasteiger partial charge in [-0.05, 0) is 33.1 Å². The van der Waals surface area contributed by atoms with Crippen LogP contribution in [-0.4, -0.2) is 34.9 Å². The van der Waals surface area contributed by atoms with E-state index in [1.54, 1.807) is 11.8 Å². The third-order valence-corrected chi connectivity index (χ3v) is 6.11. The van der Waals surface area contributed by atoms with Gasteiger partial charge in [0.1, 0.15) is 6.04 Å². The van der Waals surface area contributed by atoms with Crippen LogP contribution in [0.25, 0.3) is 10.9 Å². The molecule has 1 aromatic carbocycles. The maximum atomic E-state index is 15.3. The average Bonchev–Trinajstić information content (AvgIpc) is 3.35. The molecule has 6 nitrogen and oxygen atoms in total. The topological polar surface area (TPSA) is 84.1 Å². The lowest BCUT2D eigenvalue weighted by Crippen LogP contribution is -2.44. The van der Waals surface area contributed by atoms with Crippen LogP contribution in [0.15, 0.2) is 9.59 Å². The Morgan fingerprint density at radius 2 is 1.79 bits per heavy atom. The highest BCUT2D eigenvalue weighted by Gasteiger charge is 2.45. The van der Waals surface area contributed by atoms with Gasteiger partial charge in [-0.25, -0.2) is 9.18 Å². The highest BCUT2D eigenvalue weighted by molar-refractivity contribution is 5.90. The first-order valence-electron chi connectivity index (χ1n) is 9.56. The Hall–Kier alpha value is -2.36. The zero-order valence-corrected chi connectivity index (χ0v) is 16.1. The predicted octanol–water partition coefficient (Wildman–Crippen LogP) is 2.50. The second-order valence-corrected chi connectivity index (χ2v) is 8.06. The molecular formula is C19H22F4N4O2. The van der Waals surface area contributed by atoms with Crippen molar-refractivity contribution in [2.24, 2.45) is 11.7 Å². The second kappa shape index (κ2) is 6.58. The van der Waals surface area contributed by atoms with E-state index in [4.69, 9.17) is 5.73 Å². The van der Waals surface area contributed by atoms with Crippen LogP contribution in [-0.2, 0) is 0 Å². The van der Waals surface area contributed by atoms with Crippen LogP contribution < -0.4 is 21.9 Å². The normalized spacial score (nSPS) is 21.2. The summed E-state index contributed by atoms with van der Waals surface area (Å²) in [6.07, 6.45) is -2.79. The molecule has 1 aliphatic carbocycles. The molecule has 0 spiro atoms. The summed E-state index contributed by atoms with van der Waals surface area (Å²) in [7, 11) is 0. The van der Waals surface area contributed by atoms with Gasteiger partial charge in [-0.3, -0.25) is 14.3 Å². The molecule has 1 saturated carbocycles. The van der Waals surface area contributed by atoms with Gasteiger partial charge in [-0.1, -0.05) is 0 Å². The van der Waals surface area contributed by atoms with Crippen molar-refractivity contribution in [3.05, 3.63) is 37.8 Å². The van der Waals surface area contributed by atoms with Gasteiger partial charge in [0.2, 0.25) is 0 Å². The summed E-state index contributed by atoms with van der Waals surface area (Å²) in [5.74, 6) is -1.50. The number of aromatic amines is 1. The highest BCUT2D eigenvalue weighted by Crippen LogP contribution is 2.41. The van der Waals surface area contributed by atoms with Crippen LogP contribution in [0, 0.1) is 25.6 Å². The number of H-pyrrole nitrogens is 1. The number of nitrogens with two attached hydrogens (primary N) is 1. The minimum absolute atomic E-state index is 0.0414. The van der Waals surface area contributed by atoms with Gasteiger partial charge in [0.15, 0.2) is 5.82 Å². The van der Waals surface area contributed by atoms with Crippen LogP contribution in [0.3, 0.4) is 0 Å². The number of aromatic nitrogens is 2. The van der Waals surface area contributed by atoms with Gasteiger partial charge in [0.25, 0.3) is 5.56 Å². The summed E-state index contributed by atoms with van der Waals surface area (Å²) < 4.78 is 55.8. The van der Waals surface area contributed by atoms with Crippen LogP contribution in [0.4, 0.5) is 23.2 Å². The smallest absolute Gasteiger partial charge is 0.369 e. The predicted molar refractivity (Wildman–Crippen MR) is 101 cm³/mol. The Morgan fingerprint density at radius 1 is 1.14 bits per heavy atom. The zero-order valence-electron chi connectivity index (χ0n) is 16.1. The monoisotopic (exact) mass is 414 g/mol. The van der Waals surface area contributed by atoms with Crippen LogP contribution in [0.2, 0.25) is 0 Å². The third kappa shape index (κ3) is 3.13. The van der Waals surface area contributed by atoms with Gasteiger partial charge in [0, 0.05) is 36.2 Å². The average molecular weight is 414 g/mol. The molecule has 3 N–H and O–H groups in total. The molecule has 2 aromatic rings. The Balaban J connectivity index is 1.88. The van der Waals surface area contributed by atoms with E-state index in [1.807, 2.05) is 0 Å². The number of nitrogens with zero attached hydrogens (tertiary/aromatic N) is 2. The van der Waals surface area contributed by atoms with Crippen molar-refractivity contribution in [2.45, 2.75) is 51.4 Å². The number of anilines is 1. The maximum absolute atomic E-state index is 15.3. The van der Waals surface area contributed by atoms with Crippen molar-refractivity contribution in [1.82, 2.24) is 9.55 Å². The fourth-order valence-electron chi connectivity index (χ4n) is 4.44. The van der Waals surface area contributed by atoms with E-state index in [2.05, 4.69) is 4.98 Å². The molecule has 2 aliphatic rings. The Labute approximate surface area is 163 Å². The highest BCUT2D eigenvalue weighted by atomic mass is 19.4. The standard InChI is InChI=1S/C19H22F4N4O2/c1-8-12-14(27(11-3-4-11)18(29)25-17(12)28)9(2)15(13(8)20)26-6-5-10(7-26)16(24)19(21,22)23/h10-11,16H,3-7,24H2,1-2H3,(H,25,28,29). The Kier molecular flexibility index (Phi) is 4.52. The molecule has 1 saturated heterocycles. The number of halogens is 4. The molecule has 2 atom stereocenters. The van der Waals surface area contributed by atoms with Gasteiger partial charge in [-0.2, -0.15) is 13.2 Å². The first-order valence-corrected chi connectivity index (χ1v) is 9.56. The lowest BCUT2D eigenvalue weighted by atomic mass is 9.99. The molecule has 2 heterocycles. The second-order valence-electron chi connectivity index (χ2n) is 8.06. The first kappa shape index (κ1) is 19.9. The molecular weight excluding hydrogens is 392 g/mol. The number of alkyl halides is 3. The fourth-order valence-corrected chi connectivity index (χ4v) is 4.44. The van der Waals surface area contributed by atoms with E-state index < -0.39 is 35.2 Å². The van der Waals surface area contributed by atoms with Gasteiger partial charge in [0.05, 0.1) is 16.6 Å². The maximum Gasteiger partial charge on any atom is 0.403 e. The summed E-state index contributed by atoms with van der Waals surface area (Å²) >= 11 is 0. The van der Waals surface area contributed by atoms with Crippen molar-refractivity contribution >= 4 is 16.6 Å². The molecule has 1 aromatic heterocycles.